The van der Waals surface area contributed by atoms with Gasteiger partial charge in [-0.2, -0.15) is 28.7 Å². The molecule has 3 aliphatic rings. The van der Waals surface area contributed by atoms with Gasteiger partial charge in [-0.15, -0.1) is 0 Å². The lowest BCUT2D eigenvalue weighted by atomic mass is 9.87. The largest absolute Gasteiger partial charge is 0.432 e. The summed E-state index contributed by atoms with van der Waals surface area (Å²) in [4.78, 5) is 36.2. The Balaban J connectivity index is 0.966. The highest BCUT2D eigenvalue weighted by Crippen LogP contribution is 2.34. The van der Waals surface area contributed by atoms with Gasteiger partial charge in [0.1, 0.15) is 0 Å². The number of sulfonamides is 1. The maximum atomic E-state index is 13.9. The number of anilines is 2. The van der Waals surface area contributed by atoms with Gasteiger partial charge in [0.25, 0.3) is 0 Å². The van der Waals surface area contributed by atoms with E-state index in [0.29, 0.717) is 61.5 Å². The molecular formula is C40H45F2N11O5S. The number of carbonyl (C=O) groups excluding carboxylic acids is 2. The SMILES string of the molecule is Cn1nc(N2CCC(=O)NC2=O)c2ccc(C3CCN(CC(CCC#N)Cc4cc(S(=O)(=O)N5CCC(Nc6ncc(OC(F)F)cn6)CC5)ccc4C#N)CC3)cc21. The summed E-state index contributed by atoms with van der Waals surface area (Å²) < 4.78 is 60.1. The van der Waals surface area contributed by atoms with Gasteiger partial charge in [-0.1, -0.05) is 6.07 Å². The number of nitriles is 2. The summed E-state index contributed by atoms with van der Waals surface area (Å²) in [6.07, 6.45) is 6.66. The van der Waals surface area contributed by atoms with Crippen molar-refractivity contribution in [2.24, 2.45) is 13.0 Å². The van der Waals surface area contributed by atoms with Crippen LogP contribution in [0.25, 0.3) is 10.9 Å². The number of likely N-dealkylation sites (tertiary alicyclic amines) is 1. The fourth-order valence-electron chi connectivity index (χ4n) is 8.26. The second-order valence-corrected chi connectivity index (χ2v) is 17.1. The Morgan fingerprint density at radius 2 is 1.75 bits per heavy atom. The molecule has 4 aromatic rings. The number of carbonyl (C=O) groups is 2. The van der Waals surface area contributed by atoms with Gasteiger partial charge in [-0.05, 0) is 105 Å². The zero-order valence-electron chi connectivity index (χ0n) is 32.6. The first-order chi connectivity index (χ1) is 28.4. The van der Waals surface area contributed by atoms with Crippen LogP contribution in [-0.2, 0) is 28.3 Å². The van der Waals surface area contributed by atoms with Crippen LogP contribution in [0.2, 0.25) is 0 Å². The molecule has 0 bridgehead atoms. The van der Waals surface area contributed by atoms with Crippen LogP contribution in [0, 0.1) is 28.6 Å². The van der Waals surface area contributed by atoms with Crippen molar-refractivity contribution >= 4 is 44.6 Å². The first-order valence-electron chi connectivity index (χ1n) is 19.7. The monoisotopic (exact) mass is 829 g/mol. The number of alkyl halides is 2. The summed E-state index contributed by atoms with van der Waals surface area (Å²) in [5.41, 5.74) is 3.13. The van der Waals surface area contributed by atoms with E-state index in [1.165, 1.54) is 20.8 Å². The number of hydrogen-bond donors (Lipinski definition) is 2. The lowest BCUT2D eigenvalue weighted by Gasteiger charge is -2.34. The van der Waals surface area contributed by atoms with Crippen molar-refractivity contribution in [2.75, 3.05) is 49.5 Å². The number of imide groups is 1. The average Bonchev–Trinajstić information content (AvgIpc) is 3.55. The number of piperidine rings is 2. The highest BCUT2D eigenvalue weighted by atomic mass is 32.2. The number of fused-ring (bicyclic) bond motifs is 1. The van der Waals surface area contributed by atoms with Gasteiger partial charge >= 0.3 is 12.6 Å². The Morgan fingerprint density at radius 1 is 1.00 bits per heavy atom. The van der Waals surface area contributed by atoms with E-state index in [-0.39, 0.29) is 60.5 Å². The lowest BCUT2D eigenvalue weighted by molar-refractivity contribution is -0.120. The highest BCUT2D eigenvalue weighted by molar-refractivity contribution is 7.89. The number of urea groups is 1. The third-order valence-electron chi connectivity index (χ3n) is 11.4. The van der Waals surface area contributed by atoms with Gasteiger partial charge in [0.2, 0.25) is 21.9 Å². The molecule has 2 aromatic carbocycles. The Bertz CT molecular complexity index is 2370. The fourth-order valence-corrected chi connectivity index (χ4v) is 9.78. The van der Waals surface area contributed by atoms with Crippen molar-refractivity contribution in [2.45, 2.75) is 74.8 Å². The average molecular weight is 830 g/mol. The molecule has 19 heteroatoms. The normalized spacial score (nSPS) is 18.1. The van der Waals surface area contributed by atoms with Crippen LogP contribution in [0.4, 0.5) is 25.3 Å². The van der Waals surface area contributed by atoms with Gasteiger partial charge < -0.3 is 15.0 Å². The Morgan fingerprint density at radius 3 is 2.42 bits per heavy atom. The standard InChI is InChI=1S/C40H45F2N11O5S/c1-50-35-21-28(5-7-34(35)37(49-50)53-18-12-36(54)48-40(53)55)27-8-14-51(15-9-27)25-26(3-2-13-43)19-30-20-33(6-4-29(30)22-44)59(56,57)52-16-10-31(11-17-52)47-39-45-23-32(24-46-39)58-38(41)42/h4-7,20-21,23-24,26-27,31,38H,2-3,8-12,14-19,25H2,1H3,(H,45,46,47)(H,48,54,55). The maximum Gasteiger partial charge on any atom is 0.387 e. The zero-order valence-corrected chi connectivity index (χ0v) is 33.4. The van der Waals surface area contributed by atoms with Crippen molar-refractivity contribution in [1.82, 2.24) is 34.3 Å². The number of nitrogens with zero attached hydrogens (tertiary/aromatic N) is 9. The van der Waals surface area contributed by atoms with Crippen molar-refractivity contribution in [3.8, 4) is 17.9 Å². The molecule has 16 nitrogen and oxygen atoms in total. The predicted molar refractivity (Wildman–Crippen MR) is 212 cm³/mol. The van der Waals surface area contributed by atoms with Gasteiger partial charge in [0.15, 0.2) is 11.6 Å². The van der Waals surface area contributed by atoms with Crippen LogP contribution in [-0.4, -0.2) is 101 Å². The summed E-state index contributed by atoms with van der Waals surface area (Å²) >= 11 is 0. The molecule has 59 heavy (non-hydrogen) atoms. The Kier molecular flexibility index (Phi) is 12.6. The smallest absolute Gasteiger partial charge is 0.387 e. The molecule has 3 amide bonds. The van der Waals surface area contributed by atoms with Crippen LogP contribution in [0.1, 0.15) is 67.6 Å². The molecule has 7 rings (SSSR count). The van der Waals surface area contributed by atoms with E-state index >= 15 is 0 Å². The minimum absolute atomic E-state index is 0.0165. The molecule has 0 radical (unpaired) electrons. The Hall–Kier alpha value is -5.76. The molecule has 310 valence electrons. The number of ether oxygens (including phenoxy) is 1. The minimum atomic E-state index is -3.88. The molecule has 3 fully saturated rings. The van der Waals surface area contributed by atoms with E-state index in [9.17, 15) is 37.3 Å². The van der Waals surface area contributed by atoms with E-state index in [1.54, 1.807) is 16.8 Å². The molecule has 0 spiro atoms. The number of aryl methyl sites for hydroxylation is 1. The lowest BCUT2D eigenvalue weighted by Crippen LogP contribution is -2.49. The molecule has 1 unspecified atom stereocenters. The predicted octanol–water partition coefficient (Wildman–Crippen LogP) is 4.89. The molecule has 2 N–H and O–H groups in total. The van der Waals surface area contributed by atoms with Crippen LogP contribution < -0.4 is 20.3 Å². The van der Waals surface area contributed by atoms with Crippen molar-refractivity contribution in [1.29, 1.82) is 10.5 Å². The van der Waals surface area contributed by atoms with Crippen LogP contribution >= 0.6 is 0 Å². The molecular weight excluding hydrogens is 785 g/mol. The van der Waals surface area contributed by atoms with E-state index in [1.807, 2.05) is 13.1 Å². The molecule has 2 aromatic heterocycles. The van der Waals surface area contributed by atoms with Gasteiger partial charge in [-0.25, -0.2) is 23.2 Å². The first-order valence-corrected chi connectivity index (χ1v) is 21.1. The molecule has 0 aliphatic carbocycles. The molecule has 3 saturated heterocycles. The number of amides is 3. The molecule has 1 atom stereocenters. The second kappa shape index (κ2) is 18.0. The van der Waals surface area contributed by atoms with Crippen molar-refractivity contribution < 1.29 is 31.5 Å². The number of aromatic nitrogens is 4. The zero-order chi connectivity index (χ0) is 41.7. The number of nitrogens with one attached hydrogen (secondary N) is 2. The molecule has 0 saturated carbocycles. The molecule has 5 heterocycles. The van der Waals surface area contributed by atoms with Crippen LogP contribution in [0.3, 0.4) is 0 Å². The van der Waals surface area contributed by atoms with Crippen molar-refractivity contribution in [3.63, 3.8) is 0 Å². The van der Waals surface area contributed by atoms with E-state index in [0.717, 1.165) is 49.2 Å². The number of halogens is 2. The third-order valence-corrected chi connectivity index (χ3v) is 13.3. The second-order valence-electron chi connectivity index (χ2n) is 15.2. The van der Waals surface area contributed by atoms with E-state index in [2.05, 4.69) is 59.6 Å². The summed E-state index contributed by atoms with van der Waals surface area (Å²) in [5, 5.41) is 30.5. The topological polar surface area (TPSA) is 202 Å². The summed E-state index contributed by atoms with van der Waals surface area (Å²) in [5.74, 6) is 0.623. The summed E-state index contributed by atoms with van der Waals surface area (Å²) in [7, 11) is -2.04. The quantitative estimate of drug-likeness (QED) is 0.175. The van der Waals surface area contributed by atoms with E-state index < -0.39 is 22.7 Å². The summed E-state index contributed by atoms with van der Waals surface area (Å²) in [6, 6.07) is 14.7. The number of rotatable bonds is 14. The minimum Gasteiger partial charge on any atom is -0.432 e. The molecule has 3 aliphatic heterocycles. The van der Waals surface area contributed by atoms with Crippen LogP contribution in [0.5, 0.6) is 5.75 Å². The Labute approximate surface area is 340 Å². The van der Waals surface area contributed by atoms with Gasteiger partial charge in [0.05, 0.1) is 40.5 Å². The van der Waals surface area contributed by atoms with E-state index in [4.69, 9.17) is 0 Å². The maximum absolute atomic E-state index is 13.9. The van der Waals surface area contributed by atoms with Gasteiger partial charge in [-0.3, -0.25) is 19.7 Å². The third kappa shape index (κ3) is 9.59. The highest BCUT2D eigenvalue weighted by Gasteiger charge is 2.32. The van der Waals surface area contributed by atoms with Gasteiger partial charge in [0, 0.05) is 57.5 Å². The number of benzene rings is 2. The first kappa shape index (κ1) is 41.4. The fraction of sp³-hybridized carbons (Fsp3) is 0.475. The van der Waals surface area contributed by atoms with Crippen LogP contribution in [0.15, 0.2) is 53.7 Å². The summed E-state index contributed by atoms with van der Waals surface area (Å²) in [6.45, 7) is 0.130. The number of hydrogen-bond acceptors (Lipinski definition) is 12. The van der Waals surface area contributed by atoms with Crippen molar-refractivity contribution in [3.05, 3.63) is 65.5 Å².